The number of nitrogens with zero attached hydrogens (tertiary/aromatic N) is 2. The number of carbonyl (C=O) groups is 1. The van der Waals surface area contributed by atoms with Gasteiger partial charge in [0.25, 0.3) is 0 Å². The lowest BCUT2D eigenvalue weighted by Gasteiger charge is -2.35. The second-order valence-corrected chi connectivity index (χ2v) is 5.64. The molecule has 120 valence electrons. The van der Waals surface area contributed by atoms with Crippen molar-refractivity contribution in [3.63, 3.8) is 0 Å². The number of rotatable bonds is 5. The highest BCUT2D eigenvalue weighted by atomic mass is 16.5. The highest BCUT2D eigenvalue weighted by molar-refractivity contribution is 5.76. The van der Waals surface area contributed by atoms with Crippen molar-refractivity contribution in [2.45, 2.75) is 0 Å². The van der Waals surface area contributed by atoms with Gasteiger partial charge in [-0.05, 0) is 36.4 Å². The predicted octanol–water partition coefficient (Wildman–Crippen LogP) is 2.09. The minimum Gasteiger partial charge on any atom is -0.457 e. The van der Waals surface area contributed by atoms with E-state index in [-0.39, 0.29) is 5.91 Å². The molecular formula is C18H21N3O2. The quantitative estimate of drug-likeness (QED) is 0.918. The molecule has 2 aromatic carbocycles. The molecule has 0 radical (unpaired) electrons. The van der Waals surface area contributed by atoms with Crippen molar-refractivity contribution in [3.8, 4) is 11.5 Å². The summed E-state index contributed by atoms with van der Waals surface area (Å²) in [7, 11) is 0. The Morgan fingerprint density at radius 2 is 1.52 bits per heavy atom. The van der Waals surface area contributed by atoms with Gasteiger partial charge in [-0.2, -0.15) is 0 Å². The standard InChI is InChI=1S/C18H21N3O2/c19-18(22)14-20-10-12-21(13-11-20)15-6-8-17(9-7-15)23-16-4-2-1-3-5-16/h1-9H,10-14H2,(H2,19,22). The van der Waals surface area contributed by atoms with E-state index in [4.69, 9.17) is 10.5 Å². The van der Waals surface area contributed by atoms with Crippen molar-refractivity contribution >= 4 is 11.6 Å². The first kappa shape index (κ1) is 15.4. The van der Waals surface area contributed by atoms with Crippen molar-refractivity contribution < 1.29 is 9.53 Å². The van der Waals surface area contributed by atoms with Gasteiger partial charge in [0.1, 0.15) is 11.5 Å². The minimum atomic E-state index is -0.263. The number of ether oxygens (including phenoxy) is 1. The summed E-state index contributed by atoms with van der Waals surface area (Å²) in [5, 5.41) is 0. The number of primary amides is 1. The molecule has 5 nitrogen and oxygen atoms in total. The number of piperazine rings is 1. The maximum absolute atomic E-state index is 11.0. The lowest BCUT2D eigenvalue weighted by atomic mass is 10.2. The molecular weight excluding hydrogens is 290 g/mol. The van der Waals surface area contributed by atoms with Crippen LogP contribution in [-0.2, 0) is 4.79 Å². The van der Waals surface area contributed by atoms with E-state index in [0.717, 1.165) is 37.7 Å². The highest BCUT2D eigenvalue weighted by Gasteiger charge is 2.18. The number of carbonyl (C=O) groups excluding carboxylic acids is 1. The summed E-state index contributed by atoms with van der Waals surface area (Å²) >= 11 is 0. The molecule has 0 atom stereocenters. The number of nitrogens with two attached hydrogens (primary N) is 1. The van der Waals surface area contributed by atoms with Gasteiger partial charge in [0, 0.05) is 31.9 Å². The van der Waals surface area contributed by atoms with Gasteiger partial charge in [0.2, 0.25) is 5.91 Å². The van der Waals surface area contributed by atoms with E-state index in [9.17, 15) is 4.79 Å². The third-order valence-corrected chi connectivity index (χ3v) is 3.93. The van der Waals surface area contributed by atoms with Crippen LogP contribution in [0, 0.1) is 0 Å². The average molecular weight is 311 g/mol. The topological polar surface area (TPSA) is 58.8 Å². The molecule has 2 aromatic rings. The van der Waals surface area contributed by atoms with Gasteiger partial charge < -0.3 is 15.4 Å². The molecule has 5 heteroatoms. The van der Waals surface area contributed by atoms with Crippen LogP contribution in [0.5, 0.6) is 11.5 Å². The SMILES string of the molecule is NC(=O)CN1CCN(c2ccc(Oc3ccccc3)cc2)CC1. The Morgan fingerprint density at radius 1 is 0.913 bits per heavy atom. The normalized spacial score (nSPS) is 15.4. The number of hydrogen-bond acceptors (Lipinski definition) is 4. The third kappa shape index (κ3) is 4.23. The van der Waals surface area contributed by atoms with Gasteiger partial charge in [-0.15, -0.1) is 0 Å². The number of amides is 1. The van der Waals surface area contributed by atoms with Crippen LogP contribution in [0.1, 0.15) is 0 Å². The summed E-state index contributed by atoms with van der Waals surface area (Å²) in [4.78, 5) is 15.4. The van der Waals surface area contributed by atoms with Crippen LogP contribution in [0.2, 0.25) is 0 Å². The van der Waals surface area contributed by atoms with E-state index in [1.807, 2.05) is 42.5 Å². The Balaban J connectivity index is 1.57. The van der Waals surface area contributed by atoms with Gasteiger partial charge in [0.05, 0.1) is 6.54 Å². The molecule has 0 bridgehead atoms. The molecule has 1 aliphatic heterocycles. The molecule has 1 heterocycles. The average Bonchev–Trinajstić information content (AvgIpc) is 2.57. The molecule has 0 unspecified atom stereocenters. The largest absolute Gasteiger partial charge is 0.457 e. The van der Waals surface area contributed by atoms with Gasteiger partial charge in [0.15, 0.2) is 0 Å². The summed E-state index contributed by atoms with van der Waals surface area (Å²) in [6, 6.07) is 17.9. The zero-order valence-corrected chi connectivity index (χ0v) is 13.0. The fourth-order valence-electron chi connectivity index (χ4n) is 2.73. The first-order valence-corrected chi connectivity index (χ1v) is 7.79. The summed E-state index contributed by atoms with van der Waals surface area (Å²) < 4.78 is 5.80. The molecule has 0 aromatic heterocycles. The molecule has 3 rings (SSSR count). The van der Waals surface area contributed by atoms with Crippen LogP contribution in [0.15, 0.2) is 54.6 Å². The zero-order chi connectivity index (χ0) is 16.1. The van der Waals surface area contributed by atoms with Crippen LogP contribution in [0.4, 0.5) is 5.69 Å². The van der Waals surface area contributed by atoms with Gasteiger partial charge in [-0.25, -0.2) is 0 Å². The molecule has 23 heavy (non-hydrogen) atoms. The number of para-hydroxylation sites is 1. The minimum absolute atomic E-state index is 0.263. The lowest BCUT2D eigenvalue weighted by Crippen LogP contribution is -2.48. The van der Waals surface area contributed by atoms with Crippen LogP contribution in [0.3, 0.4) is 0 Å². The van der Waals surface area contributed by atoms with Gasteiger partial charge in [-0.3, -0.25) is 9.69 Å². The predicted molar refractivity (Wildman–Crippen MR) is 90.8 cm³/mol. The van der Waals surface area contributed by atoms with E-state index in [1.165, 1.54) is 5.69 Å². The monoisotopic (exact) mass is 311 g/mol. The first-order valence-electron chi connectivity index (χ1n) is 7.79. The van der Waals surface area contributed by atoms with Crippen LogP contribution in [0.25, 0.3) is 0 Å². The third-order valence-electron chi connectivity index (χ3n) is 3.93. The van der Waals surface area contributed by atoms with Crippen molar-refractivity contribution in [1.82, 2.24) is 4.90 Å². The highest BCUT2D eigenvalue weighted by Crippen LogP contribution is 2.24. The Hall–Kier alpha value is -2.53. The molecule has 1 saturated heterocycles. The Labute approximate surface area is 136 Å². The number of benzene rings is 2. The summed E-state index contributed by atoms with van der Waals surface area (Å²) in [6.07, 6.45) is 0. The van der Waals surface area contributed by atoms with Crippen LogP contribution >= 0.6 is 0 Å². The fraction of sp³-hybridized carbons (Fsp3) is 0.278. The van der Waals surface area contributed by atoms with E-state index in [0.29, 0.717) is 6.54 Å². The van der Waals surface area contributed by atoms with Crippen LogP contribution in [-0.4, -0.2) is 43.5 Å². The second kappa shape index (κ2) is 7.15. The van der Waals surface area contributed by atoms with E-state index in [2.05, 4.69) is 21.9 Å². The van der Waals surface area contributed by atoms with E-state index < -0.39 is 0 Å². The Kier molecular flexibility index (Phi) is 4.78. The van der Waals surface area contributed by atoms with Crippen molar-refractivity contribution in [3.05, 3.63) is 54.6 Å². The molecule has 0 spiro atoms. The Bertz CT molecular complexity index is 635. The Morgan fingerprint density at radius 3 is 2.13 bits per heavy atom. The maximum Gasteiger partial charge on any atom is 0.231 e. The molecule has 2 N–H and O–H groups in total. The summed E-state index contributed by atoms with van der Waals surface area (Å²) in [5.74, 6) is 1.40. The van der Waals surface area contributed by atoms with Crippen molar-refractivity contribution in [2.75, 3.05) is 37.6 Å². The van der Waals surface area contributed by atoms with Crippen LogP contribution < -0.4 is 15.4 Å². The van der Waals surface area contributed by atoms with Gasteiger partial charge >= 0.3 is 0 Å². The van der Waals surface area contributed by atoms with Gasteiger partial charge in [-0.1, -0.05) is 18.2 Å². The second-order valence-electron chi connectivity index (χ2n) is 5.64. The smallest absolute Gasteiger partial charge is 0.231 e. The number of anilines is 1. The molecule has 1 amide bonds. The zero-order valence-electron chi connectivity index (χ0n) is 13.0. The molecule has 0 aliphatic carbocycles. The first-order chi connectivity index (χ1) is 11.2. The fourth-order valence-corrected chi connectivity index (χ4v) is 2.73. The molecule has 1 fully saturated rings. The van der Waals surface area contributed by atoms with Crippen molar-refractivity contribution in [2.24, 2.45) is 5.73 Å². The van der Waals surface area contributed by atoms with E-state index in [1.54, 1.807) is 0 Å². The molecule has 1 aliphatic rings. The summed E-state index contributed by atoms with van der Waals surface area (Å²) in [6.45, 7) is 3.84. The lowest BCUT2D eigenvalue weighted by molar-refractivity contribution is -0.119. The summed E-state index contributed by atoms with van der Waals surface area (Å²) in [5.41, 5.74) is 6.41. The maximum atomic E-state index is 11.0. The number of hydrogen-bond donors (Lipinski definition) is 1. The van der Waals surface area contributed by atoms with Crippen molar-refractivity contribution in [1.29, 1.82) is 0 Å². The molecule has 0 saturated carbocycles. The van der Waals surface area contributed by atoms with E-state index >= 15 is 0 Å².